The number of nitrogens with two attached hydrogens (primary N) is 1. The molecule has 0 amide bonds. The lowest BCUT2D eigenvalue weighted by Gasteiger charge is -2.32. The van der Waals surface area contributed by atoms with Crippen molar-refractivity contribution in [3.05, 3.63) is 53.1 Å². The van der Waals surface area contributed by atoms with Crippen LogP contribution in [0.1, 0.15) is 5.56 Å². The molecule has 0 unspecified atom stereocenters. The van der Waals surface area contributed by atoms with E-state index in [9.17, 15) is 21.9 Å². The molecule has 3 N–H and O–H groups in total. The molecule has 0 aromatic heterocycles. The summed E-state index contributed by atoms with van der Waals surface area (Å²) in [5.41, 5.74) is 6.78. The van der Waals surface area contributed by atoms with Crippen LogP contribution in [0.5, 0.6) is 0 Å². The first-order valence-corrected chi connectivity index (χ1v) is 11.7. The molecule has 0 bridgehead atoms. The summed E-state index contributed by atoms with van der Waals surface area (Å²) >= 11 is 5.98. The van der Waals surface area contributed by atoms with E-state index in [4.69, 9.17) is 17.3 Å². The fourth-order valence-corrected chi connectivity index (χ4v) is 7.16. The summed E-state index contributed by atoms with van der Waals surface area (Å²) in [4.78, 5) is -0.0525. The second kappa shape index (κ2) is 6.97. The smallest absolute Gasteiger partial charge is 0.265 e. The maximum atomic E-state index is 13.5. The van der Waals surface area contributed by atoms with E-state index < -0.39 is 43.5 Å². The average molecular weight is 431 g/mol. The molecule has 27 heavy (non-hydrogen) atoms. The zero-order valence-electron chi connectivity index (χ0n) is 14.4. The Morgan fingerprint density at radius 3 is 2.33 bits per heavy atom. The van der Waals surface area contributed by atoms with Gasteiger partial charge in [0.05, 0.1) is 34.2 Å². The molecule has 0 aliphatic carbocycles. The van der Waals surface area contributed by atoms with Crippen LogP contribution in [-0.2, 0) is 19.9 Å². The molecular formula is C17H19ClN2O5S2. The zero-order valence-corrected chi connectivity index (χ0v) is 16.8. The van der Waals surface area contributed by atoms with Crippen molar-refractivity contribution >= 4 is 42.8 Å². The standard InChI is InChI=1S/C17H19ClN2O5S2/c1-11-2-3-12(18)8-17(11)27(24,25)20(14-6-4-13(19)5-7-14)15-9-26(22,23)10-16(15)21/h2-8,15-16,21H,9-10,19H2,1H3/t15-,16-/m0/s1. The quantitative estimate of drug-likeness (QED) is 0.711. The summed E-state index contributed by atoms with van der Waals surface area (Å²) < 4.78 is 51.9. The molecule has 1 aliphatic heterocycles. The van der Waals surface area contributed by atoms with Crippen LogP contribution in [0.3, 0.4) is 0 Å². The fraction of sp³-hybridized carbons (Fsp3) is 0.294. The number of nitrogens with zero attached hydrogens (tertiary/aromatic N) is 1. The molecule has 2 aromatic carbocycles. The van der Waals surface area contributed by atoms with Crippen LogP contribution >= 0.6 is 11.6 Å². The largest absolute Gasteiger partial charge is 0.399 e. The second-order valence-electron chi connectivity index (χ2n) is 6.51. The van der Waals surface area contributed by atoms with Crippen molar-refractivity contribution in [3.63, 3.8) is 0 Å². The predicted molar refractivity (Wildman–Crippen MR) is 105 cm³/mol. The van der Waals surface area contributed by atoms with Gasteiger partial charge in [-0.25, -0.2) is 16.8 Å². The molecule has 1 fully saturated rings. The van der Waals surface area contributed by atoms with Gasteiger partial charge >= 0.3 is 0 Å². The summed E-state index contributed by atoms with van der Waals surface area (Å²) in [5, 5.41) is 10.5. The van der Waals surface area contributed by atoms with Crippen LogP contribution < -0.4 is 10.0 Å². The highest BCUT2D eigenvalue weighted by atomic mass is 35.5. The Morgan fingerprint density at radius 2 is 1.78 bits per heavy atom. The van der Waals surface area contributed by atoms with Gasteiger partial charge in [-0.3, -0.25) is 4.31 Å². The zero-order chi connectivity index (χ0) is 20.0. The molecule has 3 rings (SSSR count). The number of benzene rings is 2. The number of sulfone groups is 1. The minimum absolute atomic E-state index is 0.0525. The van der Waals surface area contributed by atoms with Crippen molar-refractivity contribution in [1.29, 1.82) is 0 Å². The van der Waals surface area contributed by atoms with Gasteiger partial charge in [-0.1, -0.05) is 17.7 Å². The lowest BCUT2D eigenvalue weighted by atomic mass is 10.2. The number of nitrogen functional groups attached to an aromatic ring is 1. The Bertz CT molecular complexity index is 1070. The molecule has 146 valence electrons. The maximum Gasteiger partial charge on any atom is 0.265 e. The Labute approximate surface area is 163 Å². The average Bonchev–Trinajstić information content (AvgIpc) is 2.84. The molecule has 1 aliphatic rings. The molecule has 7 nitrogen and oxygen atoms in total. The van der Waals surface area contributed by atoms with E-state index in [0.29, 0.717) is 11.3 Å². The van der Waals surface area contributed by atoms with Crippen molar-refractivity contribution in [2.75, 3.05) is 21.5 Å². The Morgan fingerprint density at radius 1 is 1.15 bits per heavy atom. The number of rotatable bonds is 4. The number of aliphatic hydroxyl groups is 1. The van der Waals surface area contributed by atoms with Gasteiger partial charge in [0.15, 0.2) is 9.84 Å². The minimum Gasteiger partial charge on any atom is -0.399 e. The Balaban J connectivity index is 2.20. The normalized spacial score (nSPS) is 21.9. The number of sulfonamides is 1. The molecule has 0 saturated carbocycles. The highest BCUT2D eigenvalue weighted by molar-refractivity contribution is 7.93. The number of hydrogen-bond donors (Lipinski definition) is 2. The van der Waals surface area contributed by atoms with E-state index >= 15 is 0 Å². The highest BCUT2D eigenvalue weighted by Crippen LogP contribution is 2.33. The lowest BCUT2D eigenvalue weighted by Crippen LogP contribution is -2.47. The number of aryl methyl sites for hydroxylation is 1. The van der Waals surface area contributed by atoms with Gasteiger partial charge in [-0.2, -0.15) is 0 Å². The lowest BCUT2D eigenvalue weighted by molar-refractivity contribution is 0.184. The van der Waals surface area contributed by atoms with Crippen molar-refractivity contribution < 1.29 is 21.9 Å². The number of hydrogen-bond acceptors (Lipinski definition) is 6. The van der Waals surface area contributed by atoms with Crippen LogP contribution in [0.25, 0.3) is 0 Å². The summed E-state index contributed by atoms with van der Waals surface area (Å²) in [6, 6.07) is 9.27. The van der Waals surface area contributed by atoms with Crippen LogP contribution in [0.15, 0.2) is 47.4 Å². The number of halogens is 1. The molecule has 10 heteroatoms. The van der Waals surface area contributed by atoms with Crippen LogP contribution in [0, 0.1) is 6.92 Å². The van der Waals surface area contributed by atoms with Crippen LogP contribution in [0.2, 0.25) is 5.02 Å². The summed E-state index contributed by atoms with van der Waals surface area (Å²) in [6.45, 7) is 1.62. The molecular weight excluding hydrogens is 412 g/mol. The van der Waals surface area contributed by atoms with E-state index in [2.05, 4.69) is 0 Å². The van der Waals surface area contributed by atoms with Crippen molar-refractivity contribution in [2.45, 2.75) is 24.0 Å². The van der Waals surface area contributed by atoms with E-state index in [1.165, 1.54) is 30.3 Å². The van der Waals surface area contributed by atoms with Gasteiger partial charge in [0.1, 0.15) is 0 Å². The number of aliphatic hydroxyl groups excluding tert-OH is 1. The topological polar surface area (TPSA) is 118 Å². The molecule has 1 saturated heterocycles. The fourth-order valence-electron chi connectivity index (χ4n) is 3.12. The first-order chi connectivity index (χ1) is 12.5. The SMILES string of the molecule is Cc1ccc(Cl)cc1S(=O)(=O)N(c1ccc(N)cc1)[C@H]1CS(=O)(=O)C[C@@H]1O. The van der Waals surface area contributed by atoms with Crippen molar-refractivity contribution in [1.82, 2.24) is 0 Å². The van der Waals surface area contributed by atoms with Gasteiger partial charge in [0.2, 0.25) is 0 Å². The highest BCUT2D eigenvalue weighted by Gasteiger charge is 2.45. The first kappa shape index (κ1) is 19.9. The van der Waals surface area contributed by atoms with Gasteiger partial charge in [-0.05, 0) is 48.9 Å². The molecule has 2 atom stereocenters. The minimum atomic E-state index is -4.20. The molecule has 1 heterocycles. The monoisotopic (exact) mass is 430 g/mol. The van der Waals surface area contributed by atoms with E-state index in [0.717, 1.165) is 4.31 Å². The predicted octanol–water partition coefficient (Wildman–Crippen LogP) is 1.58. The molecule has 0 radical (unpaired) electrons. The summed E-state index contributed by atoms with van der Waals surface area (Å²) in [7, 11) is -7.78. The molecule has 0 spiro atoms. The second-order valence-corrected chi connectivity index (χ2v) is 10.9. The van der Waals surface area contributed by atoms with E-state index in [1.807, 2.05) is 0 Å². The Hall–Kier alpha value is -1.81. The van der Waals surface area contributed by atoms with Crippen molar-refractivity contribution in [2.24, 2.45) is 0 Å². The third kappa shape index (κ3) is 3.91. The van der Waals surface area contributed by atoms with Gasteiger partial charge in [0, 0.05) is 10.7 Å². The molecule has 2 aromatic rings. The first-order valence-electron chi connectivity index (χ1n) is 8.06. The van der Waals surface area contributed by atoms with E-state index in [-0.39, 0.29) is 15.6 Å². The third-order valence-electron chi connectivity index (χ3n) is 4.43. The number of anilines is 2. The van der Waals surface area contributed by atoms with E-state index in [1.54, 1.807) is 19.1 Å². The third-order valence-corrected chi connectivity index (χ3v) is 8.36. The Kier molecular flexibility index (Phi) is 5.15. The van der Waals surface area contributed by atoms with Crippen LogP contribution in [0.4, 0.5) is 11.4 Å². The summed E-state index contributed by atoms with van der Waals surface area (Å²) in [6.07, 6.45) is -1.35. The van der Waals surface area contributed by atoms with Crippen molar-refractivity contribution in [3.8, 4) is 0 Å². The van der Waals surface area contributed by atoms with Gasteiger partial charge < -0.3 is 10.8 Å². The maximum absolute atomic E-state index is 13.5. The summed E-state index contributed by atoms with van der Waals surface area (Å²) in [5.74, 6) is -0.968. The van der Waals surface area contributed by atoms with Gasteiger partial charge in [-0.15, -0.1) is 0 Å². The van der Waals surface area contributed by atoms with Gasteiger partial charge in [0.25, 0.3) is 10.0 Å². The van der Waals surface area contributed by atoms with Crippen LogP contribution in [-0.4, -0.2) is 45.6 Å².